The normalized spacial score (nSPS) is 18.7. The van der Waals surface area contributed by atoms with Gasteiger partial charge in [-0.25, -0.2) is 19.0 Å². The number of urea groups is 1. The monoisotopic (exact) mass is 566 g/mol. The van der Waals surface area contributed by atoms with Crippen molar-refractivity contribution in [1.82, 2.24) is 14.8 Å². The van der Waals surface area contributed by atoms with E-state index in [9.17, 15) is 24.5 Å². The Morgan fingerprint density at radius 1 is 0.949 bits per heavy atom. The van der Waals surface area contributed by atoms with E-state index in [1.807, 2.05) is 12.3 Å². The van der Waals surface area contributed by atoms with E-state index in [1.54, 1.807) is 6.07 Å². The van der Waals surface area contributed by atoms with Crippen molar-refractivity contribution in [2.24, 2.45) is 5.73 Å². The van der Waals surface area contributed by atoms with Crippen LogP contribution in [0.25, 0.3) is 16.5 Å². The summed E-state index contributed by atoms with van der Waals surface area (Å²) in [4.78, 5) is 13.6. The van der Waals surface area contributed by atoms with E-state index >= 15 is 0 Å². The Bertz CT molecular complexity index is 1250. The van der Waals surface area contributed by atoms with Crippen LogP contribution < -0.4 is 5.73 Å². The molecule has 0 bridgehead atoms. The van der Waals surface area contributed by atoms with Crippen LogP contribution in [-0.4, -0.2) is 130 Å². The first kappa shape index (κ1) is 30.7. The number of aromatic nitrogens is 1. The summed E-state index contributed by atoms with van der Waals surface area (Å²) in [6.45, 7) is 0.301. The molecule has 218 valence electrons. The Morgan fingerprint density at radius 3 is 1.95 bits per heavy atom. The molecule has 2 amide bonds. The molecule has 1 aliphatic heterocycles. The number of rotatable bonds is 5. The number of aromatic amines is 1. The molecule has 1 aromatic heterocycles. The summed E-state index contributed by atoms with van der Waals surface area (Å²) in [5, 5.41) is 116. The summed E-state index contributed by atoms with van der Waals surface area (Å²) in [5.74, 6) is -18.8. The smallest absolute Gasteiger partial charge is 0.355 e. The van der Waals surface area contributed by atoms with Crippen molar-refractivity contribution in [2.75, 3.05) is 6.54 Å². The topological polar surface area (TPSA) is 328 Å². The van der Waals surface area contributed by atoms with Crippen LogP contribution in [0.3, 0.4) is 0 Å². The van der Waals surface area contributed by atoms with E-state index in [2.05, 4.69) is 10.7 Å². The van der Waals surface area contributed by atoms with Gasteiger partial charge in [0.25, 0.3) is 0 Å². The van der Waals surface area contributed by atoms with Crippen molar-refractivity contribution in [1.29, 1.82) is 0 Å². The summed E-state index contributed by atoms with van der Waals surface area (Å²) < 4.78 is 14.3. The molecule has 1 unspecified atom stereocenters. The molecule has 39 heavy (non-hydrogen) atoms. The van der Waals surface area contributed by atoms with Gasteiger partial charge >= 0.3 is 35.9 Å². The van der Waals surface area contributed by atoms with E-state index in [4.69, 9.17) is 51.1 Å². The predicted octanol–water partition coefficient (Wildman–Crippen LogP) is -6.19. The number of fused-ring (bicyclic) bond motifs is 2. The van der Waals surface area contributed by atoms with Gasteiger partial charge in [-0.3, -0.25) is 0 Å². The minimum Gasteiger partial charge on any atom is -0.361 e. The molecule has 0 spiro atoms. The highest BCUT2D eigenvalue weighted by atomic mass is 19.1. The van der Waals surface area contributed by atoms with Gasteiger partial charge in [0.1, 0.15) is 5.82 Å². The Labute approximate surface area is 216 Å². The van der Waals surface area contributed by atoms with Crippen LogP contribution in [0.4, 0.5) is 9.18 Å². The third-order valence-electron chi connectivity index (χ3n) is 6.18. The molecular weight excluding hydrogens is 539 g/mol. The number of carbonyl (C=O) groups excluding carboxylic acids is 1. The third-order valence-corrected chi connectivity index (χ3v) is 6.18. The van der Waals surface area contributed by atoms with Crippen molar-refractivity contribution in [3.05, 3.63) is 41.3 Å². The van der Waals surface area contributed by atoms with Crippen LogP contribution in [0.5, 0.6) is 0 Å². The highest BCUT2D eigenvalue weighted by Gasteiger charge is 2.66. The van der Waals surface area contributed by atoms with E-state index in [0.717, 1.165) is 16.5 Å². The molecule has 0 fully saturated rings. The first-order chi connectivity index (χ1) is 17.5. The second-order valence-electron chi connectivity index (χ2n) is 8.84. The van der Waals surface area contributed by atoms with Crippen molar-refractivity contribution >= 4 is 22.5 Å². The number of carbonyl (C=O) groups is 1. The van der Waals surface area contributed by atoms with Crippen molar-refractivity contribution in [2.45, 2.75) is 48.7 Å². The lowest BCUT2D eigenvalue weighted by atomic mass is 9.81. The van der Waals surface area contributed by atoms with Crippen molar-refractivity contribution in [3.63, 3.8) is 0 Å². The number of hydrogen-bond acceptors (Lipinski definition) is 15. The fourth-order valence-corrected chi connectivity index (χ4v) is 4.41. The van der Waals surface area contributed by atoms with Gasteiger partial charge < -0.3 is 77.1 Å². The first-order valence-corrected chi connectivity index (χ1v) is 10.8. The quantitative estimate of drug-likeness (QED) is 0.150. The van der Waals surface area contributed by atoms with Crippen LogP contribution in [0.2, 0.25) is 0 Å². The fourth-order valence-electron chi connectivity index (χ4n) is 4.41. The Hall–Kier alpha value is -2.86. The second kappa shape index (κ2) is 9.65. The van der Waals surface area contributed by atoms with Crippen LogP contribution >= 0.6 is 0 Å². The molecule has 2 aromatic rings. The number of aliphatic hydroxyl groups is 13. The molecule has 16 N–H and O–H groups in total. The van der Waals surface area contributed by atoms with Crippen LogP contribution in [-0.2, 0) is 6.42 Å². The number of amides is 2. The molecule has 1 aliphatic carbocycles. The Kier molecular flexibility index (Phi) is 7.59. The third kappa shape index (κ3) is 5.32. The maximum atomic E-state index is 14.3. The molecule has 0 saturated heterocycles. The van der Waals surface area contributed by atoms with Gasteiger partial charge in [0.2, 0.25) is 0 Å². The Balaban J connectivity index is 0.000000220. The summed E-state index contributed by atoms with van der Waals surface area (Å²) >= 11 is 0. The first-order valence-electron chi connectivity index (χ1n) is 10.8. The number of benzene rings is 1. The lowest BCUT2D eigenvalue weighted by Crippen LogP contribution is -2.78. The molecule has 0 saturated carbocycles. The maximum Gasteiger partial charge on any atom is 0.355 e. The molecule has 19 heteroatoms. The zero-order valence-electron chi connectivity index (χ0n) is 19.6. The second-order valence-corrected chi connectivity index (χ2v) is 8.84. The lowest BCUT2D eigenvalue weighted by Gasteiger charge is -2.45. The molecule has 1 aromatic carbocycles. The van der Waals surface area contributed by atoms with Crippen LogP contribution in [0.1, 0.15) is 17.5 Å². The largest absolute Gasteiger partial charge is 0.361 e. The predicted molar refractivity (Wildman–Crippen MR) is 119 cm³/mol. The van der Waals surface area contributed by atoms with Gasteiger partial charge in [0.05, 0.1) is 0 Å². The minimum absolute atomic E-state index is 0.301. The van der Waals surface area contributed by atoms with E-state index in [0.29, 0.717) is 30.5 Å². The number of primary amides is 1. The van der Waals surface area contributed by atoms with Gasteiger partial charge in [-0.05, 0) is 36.1 Å². The summed E-state index contributed by atoms with van der Waals surface area (Å²) in [5.41, 5.74) is 7.36. The van der Waals surface area contributed by atoms with Crippen molar-refractivity contribution < 1.29 is 75.6 Å². The van der Waals surface area contributed by atoms with Crippen LogP contribution in [0.15, 0.2) is 24.4 Å². The summed E-state index contributed by atoms with van der Waals surface area (Å²) in [6.07, 6.45) is 1.84. The molecular formula is C20H27FN4O14. The van der Waals surface area contributed by atoms with E-state index in [1.165, 1.54) is 11.0 Å². The lowest BCUT2D eigenvalue weighted by molar-refractivity contribution is -0.550. The molecule has 0 radical (unpaired) electrons. The summed E-state index contributed by atoms with van der Waals surface area (Å²) in [6, 6.07) is 0.341. The number of nitrogens with zero attached hydrogens (tertiary/aromatic N) is 2. The van der Waals surface area contributed by atoms with E-state index < -0.39 is 46.8 Å². The summed E-state index contributed by atoms with van der Waals surface area (Å²) in [7, 11) is 0. The zero-order valence-corrected chi connectivity index (χ0v) is 19.6. The number of H-pyrrole nitrogens is 1. The standard InChI is InChI=1S/C15H15FN2O3.C5H12N2O11/c16-10-3-4-11-13-8(7-17-11)6-12-9(14(10)13)2-1-5-18(12)15(19,20)21;6-1(8)7(2(9,10)4(13,14)15)3(11,12)5(16,17)18/h2-4,7,12,17,19-21H,1,5-6H2;9-18H,(H2,6,8). The molecule has 2 heterocycles. The minimum atomic E-state index is -4.64. The fraction of sp³-hybridized carbons (Fsp3) is 0.450. The average Bonchev–Trinajstić information content (AvgIpc) is 3.16. The molecule has 18 nitrogen and oxygen atoms in total. The van der Waals surface area contributed by atoms with Gasteiger partial charge in [-0.1, -0.05) is 6.08 Å². The number of nitrogens with one attached hydrogen (secondary N) is 1. The number of hydrogen-bond donors (Lipinski definition) is 15. The Morgan fingerprint density at radius 2 is 1.49 bits per heavy atom. The van der Waals surface area contributed by atoms with E-state index in [-0.39, 0.29) is 5.82 Å². The highest BCUT2D eigenvalue weighted by molar-refractivity contribution is 5.98. The van der Waals surface area contributed by atoms with Crippen molar-refractivity contribution in [3.8, 4) is 0 Å². The van der Waals surface area contributed by atoms with Gasteiger partial charge in [-0.2, -0.15) is 0 Å². The van der Waals surface area contributed by atoms with Gasteiger partial charge in [0, 0.05) is 35.2 Å². The molecule has 2 aliphatic rings. The average molecular weight is 566 g/mol. The highest BCUT2D eigenvalue weighted by Crippen LogP contribution is 2.42. The SMILES string of the molecule is NC(=O)N(C(O)(O)C(O)(O)O)C(O)(O)C(O)(O)O.OC(O)(O)N1CCC=C2c3c(F)ccc4[nH]cc(c34)CC21. The molecule has 1 atom stereocenters. The van der Waals surface area contributed by atoms with Crippen LogP contribution in [0, 0.1) is 5.82 Å². The maximum absolute atomic E-state index is 14.3. The number of halogens is 1. The zero-order chi connectivity index (χ0) is 29.9. The van der Waals surface area contributed by atoms with Gasteiger partial charge in [0.15, 0.2) is 0 Å². The molecule has 4 rings (SSSR count). The number of nitrogens with two attached hydrogens (primary N) is 1. The van der Waals surface area contributed by atoms with Gasteiger partial charge in [-0.15, -0.1) is 0 Å².